The van der Waals surface area contributed by atoms with Gasteiger partial charge in [-0.1, -0.05) is 6.58 Å². The molecule has 0 amide bonds. The van der Waals surface area contributed by atoms with E-state index in [2.05, 4.69) is 11.5 Å². The minimum absolute atomic E-state index is 0.203. The standard InChI is InChI=1S/C11H16O4/c1-9(5-4-8-14-13)11(12)15-10-6-2-3-7-10/h6,13H,1-5,7-8H2. The fraction of sp³-hybridized carbons (Fsp3) is 0.545. The first kappa shape index (κ1) is 11.9. The van der Waals surface area contributed by atoms with Crippen LogP contribution in [0.25, 0.3) is 0 Å². The summed E-state index contributed by atoms with van der Waals surface area (Å²) in [6, 6.07) is 0. The quantitative estimate of drug-likeness (QED) is 0.241. The van der Waals surface area contributed by atoms with Crippen LogP contribution < -0.4 is 0 Å². The summed E-state index contributed by atoms with van der Waals surface area (Å²) < 4.78 is 5.12. The molecule has 0 fully saturated rings. The van der Waals surface area contributed by atoms with Crippen LogP contribution in [-0.2, 0) is 14.4 Å². The molecule has 0 heterocycles. The van der Waals surface area contributed by atoms with Crippen molar-refractivity contribution < 1.29 is 19.7 Å². The second-order valence-electron chi connectivity index (χ2n) is 3.49. The zero-order chi connectivity index (χ0) is 11.1. The van der Waals surface area contributed by atoms with Crippen LogP contribution in [0.15, 0.2) is 24.0 Å². The van der Waals surface area contributed by atoms with Gasteiger partial charge in [-0.3, -0.25) is 5.26 Å². The molecule has 1 aliphatic rings. The molecule has 0 atom stereocenters. The molecule has 1 rings (SSSR count). The lowest BCUT2D eigenvalue weighted by Crippen LogP contribution is -2.07. The molecular formula is C11H16O4. The van der Waals surface area contributed by atoms with E-state index in [0.29, 0.717) is 18.4 Å². The topological polar surface area (TPSA) is 55.8 Å². The summed E-state index contributed by atoms with van der Waals surface area (Å²) in [6.07, 6.45) is 5.83. The SMILES string of the molecule is C=C(CCCOO)C(=O)OC1=CCCC1. The normalized spacial score (nSPS) is 14.9. The summed E-state index contributed by atoms with van der Waals surface area (Å²) in [4.78, 5) is 15.3. The Morgan fingerprint density at radius 1 is 1.60 bits per heavy atom. The molecule has 84 valence electrons. The lowest BCUT2D eigenvalue weighted by atomic mass is 10.2. The Hall–Kier alpha value is -1.13. The van der Waals surface area contributed by atoms with Crippen LogP contribution in [0.3, 0.4) is 0 Å². The predicted molar refractivity (Wildman–Crippen MR) is 55.0 cm³/mol. The maximum atomic E-state index is 11.4. The van der Waals surface area contributed by atoms with Gasteiger partial charge in [-0.05, 0) is 31.8 Å². The first-order chi connectivity index (χ1) is 7.24. The number of hydrogen-bond acceptors (Lipinski definition) is 4. The average molecular weight is 212 g/mol. The van der Waals surface area contributed by atoms with Gasteiger partial charge in [0.1, 0.15) is 5.76 Å². The van der Waals surface area contributed by atoms with Crippen molar-refractivity contribution in [2.45, 2.75) is 32.1 Å². The Morgan fingerprint density at radius 2 is 2.40 bits per heavy atom. The van der Waals surface area contributed by atoms with Gasteiger partial charge < -0.3 is 4.74 Å². The van der Waals surface area contributed by atoms with Gasteiger partial charge in [0, 0.05) is 12.0 Å². The van der Waals surface area contributed by atoms with Gasteiger partial charge in [-0.25, -0.2) is 9.68 Å². The molecule has 0 spiro atoms. The summed E-state index contributed by atoms with van der Waals surface area (Å²) in [7, 11) is 0. The van der Waals surface area contributed by atoms with Gasteiger partial charge in [0.2, 0.25) is 0 Å². The van der Waals surface area contributed by atoms with E-state index < -0.39 is 0 Å². The summed E-state index contributed by atoms with van der Waals surface area (Å²) in [5.41, 5.74) is 0.417. The highest BCUT2D eigenvalue weighted by Crippen LogP contribution is 2.20. The summed E-state index contributed by atoms with van der Waals surface area (Å²) in [6.45, 7) is 3.83. The Kier molecular flexibility index (Phi) is 5.07. The summed E-state index contributed by atoms with van der Waals surface area (Å²) in [5, 5.41) is 8.09. The number of carbonyl (C=O) groups is 1. The van der Waals surface area contributed by atoms with Crippen LogP contribution in [-0.4, -0.2) is 17.8 Å². The maximum Gasteiger partial charge on any atom is 0.338 e. The molecule has 0 bridgehead atoms. The molecule has 15 heavy (non-hydrogen) atoms. The van der Waals surface area contributed by atoms with E-state index in [-0.39, 0.29) is 12.6 Å². The molecule has 0 radical (unpaired) electrons. The zero-order valence-corrected chi connectivity index (χ0v) is 8.70. The van der Waals surface area contributed by atoms with Crippen LogP contribution in [0.4, 0.5) is 0 Å². The lowest BCUT2D eigenvalue weighted by molar-refractivity contribution is -0.242. The minimum Gasteiger partial charge on any atom is -0.428 e. The zero-order valence-electron chi connectivity index (χ0n) is 8.70. The van der Waals surface area contributed by atoms with Gasteiger partial charge >= 0.3 is 5.97 Å². The third-order valence-electron chi connectivity index (χ3n) is 2.23. The highest BCUT2D eigenvalue weighted by molar-refractivity contribution is 5.88. The molecule has 0 aromatic heterocycles. The number of rotatable bonds is 6. The van der Waals surface area contributed by atoms with Crippen molar-refractivity contribution in [2.75, 3.05) is 6.61 Å². The van der Waals surface area contributed by atoms with E-state index in [1.54, 1.807) is 0 Å². The van der Waals surface area contributed by atoms with Crippen molar-refractivity contribution in [1.82, 2.24) is 0 Å². The van der Waals surface area contributed by atoms with Crippen molar-refractivity contribution in [1.29, 1.82) is 0 Å². The smallest absolute Gasteiger partial charge is 0.338 e. The van der Waals surface area contributed by atoms with Crippen molar-refractivity contribution in [3.8, 4) is 0 Å². The molecule has 4 heteroatoms. The minimum atomic E-state index is -0.374. The summed E-state index contributed by atoms with van der Waals surface area (Å²) in [5.74, 6) is 0.376. The molecule has 0 aromatic carbocycles. The van der Waals surface area contributed by atoms with E-state index >= 15 is 0 Å². The Labute approximate surface area is 89.1 Å². The Bertz CT molecular complexity index is 268. The monoisotopic (exact) mass is 212 g/mol. The fourth-order valence-electron chi connectivity index (χ4n) is 1.38. The van der Waals surface area contributed by atoms with E-state index in [4.69, 9.17) is 9.99 Å². The number of carbonyl (C=O) groups excluding carboxylic acids is 1. The number of hydrogen-bond donors (Lipinski definition) is 1. The Morgan fingerprint density at radius 3 is 3.00 bits per heavy atom. The van der Waals surface area contributed by atoms with Crippen LogP contribution in [0, 0.1) is 0 Å². The van der Waals surface area contributed by atoms with Crippen LogP contribution >= 0.6 is 0 Å². The molecule has 0 unspecified atom stereocenters. The van der Waals surface area contributed by atoms with Gasteiger partial charge in [0.15, 0.2) is 0 Å². The molecule has 0 saturated carbocycles. The third kappa shape index (κ3) is 4.27. The Balaban J connectivity index is 2.23. The third-order valence-corrected chi connectivity index (χ3v) is 2.23. The number of ether oxygens (including phenoxy) is 1. The van der Waals surface area contributed by atoms with E-state index in [0.717, 1.165) is 25.0 Å². The molecule has 0 saturated heterocycles. The van der Waals surface area contributed by atoms with E-state index in [9.17, 15) is 4.79 Å². The van der Waals surface area contributed by atoms with Crippen LogP contribution in [0.1, 0.15) is 32.1 Å². The first-order valence-electron chi connectivity index (χ1n) is 5.09. The van der Waals surface area contributed by atoms with Crippen molar-refractivity contribution in [3.63, 3.8) is 0 Å². The molecule has 1 N–H and O–H groups in total. The largest absolute Gasteiger partial charge is 0.428 e. The van der Waals surface area contributed by atoms with Crippen molar-refractivity contribution >= 4 is 5.97 Å². The molecule has 0 aromatic rings. The average Bonchev–Trinajstić information content (AvgIpc) is 2.70. The number of esters is 1. The van der Waals surface area contributed by atoms with E-state index in [1.165, 1.54) is 0 Å². The molecular weight excluding hydrogens is 196 g/mol. The second kappa shape index (κ2) is 6.37. The highest BCUT2D eigenvalue weighted by atomic mass is 17.1. The lowest BCUT2D eigenvalue weighted by Gasteiger charge is -2.06. The maximum absolute atomic E-state index is 11.4. The van der Waals surface area contributed by atoms with Gasteiger partial charge in [0.25, 0.3) is 0 Å². The number of allylic oxidation sites excluding steroid dienone is 2. The first-order valence-corrected chi connectivity index (χ1v) is 5.09. The molecule has 0 aliphatic heterocycles. The van der Waals surface area contributed by atoms with E-state index in [1.807, 2.05) is 6.08 Å². The van der Waals surface area contributed by atoms with Crippen molar-refractivity contribution in [2.24, 2.45) is 0 Å². The predicted octanol–water partition coefficient (Wildman–Crippen LogP) is 2.42. The van der Waals surface area contributed by atoms with Crippen molar-refractivity contribution in [3.05, 3.63) is 24.0 Å². The van der Waals surface area contributed by atoms with Gasteiger partial charge in [-0.15, -0.1) is 0 Å². The van der Waals surface area contributed by atoms with Crippen LogP contribution in [0.5, 0.6) is 0 Å². The van der Waals surface area contributed by atoms with Gasteiger partial charge in [-0.2, -0.15) is 0 Å². The van der Waals surface area contributed by atoms with Gasteiger partial charge in [0.05, 0.1) is 6.61 Å². The van der Waals surface area contributed by atoms with Crippen LogP contribution in [0.2, 0.25) is 0 Å². The second-order valence-corrected chi connectivity index (χ2v) is 3.49. The molecule has 4 nitrogen and oxygen atoms in total. The fourth-order valence-corrected chi connectivity index (χ4v) is 1.38. The summed E-state index contributed by atoms with van der Waals surface area (Å²) >= 11 is 0. The molecule has 1 aliphatic carbocycles. The highest BCUT2D eigenvalue weighted by Gasteiger charge is 2.13.